The molecule has 106 valence electrons. The number of aromatic carboxylic acids is 1. The van der Waals surface area contributed by atoms with Crippen LogP contribution in [0.4, 0.5) is 4.79 Å². The van der Waals surface area contributed by atoms with Crippen LogP contribution in [0.25, 0.3) is 0 Å². The minimum absolute atomic E-state index is 0.139. The largest absolute Gasteiger partial charge is 0.475 e. The van der Waals surface area contributed by atoms with Gasteiger partial charge in [0.1, 0.15) is 5.76 Å². The van der Waals surface area contributed by atoms with Gasteiger partial charge in [-0.3, -0.25) is 0 Å². The molecule has 2 aromatic heterocycles. The maximum Gasteiger partial charge on any atom is 0.371 e. The zero-order chi connectivity index (χ0) is 14.4. The van der Waals surface area contributed by atoms with Crippen LogP contribution in [-0.2, 0) is 13.0 Å². The summed E-state index contributed by atoms with van der Waals surface area (Å²) in [6.45, 7) is 0.693. The average molecular weight is 294 g/mol. The predicted octanol–water partition coefficient (Wildman–Crippen LogP) is 2.08. The number of nitrogens with one attached hydrogen (secondary N) is 2. The van der Waals surface area contributed by atoms with Crippen LogP contribution in [0, 0.1) is 0 Å². The van der Waals surface area contributed by atoms with Crippen molar-refractivity contribution in [2.75, 3.05) is 6.54 Å². The quantitative estimate of drug-likeness (QED) is 0.760. The molecule has 0 aliphatic rings. The summed E-state index contributed by atoms with van der Waals surface area (Å²) in [6.07, 6.45) is 0.779. The smallest absolute Gasteiger partial charge is 0.371 e. The molecule has 2 rings (SSSR count). The zero-order valence-electron chi connectivity index (χ0n) is 10.6. The van der Waals surface area contributed by atoms with E-state index in [2.05, 4.69) is 10.6 Å². The summed E-state index contributed by atoms with van der Waals surface area (Å²) in [7, 11) is 0. The first-order valence-corrected chi connectivity index (χ1v) is 6.94. The number of thiophene rings is 1. The molecule has 0 saturated heterocycles. The fourth-order valence-electron chi connectivity index (χ4n) is 1.57. The molecule has 2 heterocycles. The number of hydrogen-bond acceptors (Lipinski definition) is 4. The molecule has 0 atom stereocenters. The second kappa shape index (κ2) is 6.76. The van der Waals surface area contributed by atoms with Crippen LogP contribution in [0.3, 0.4) is 0 Å². The topological polar surface area (TPSA) is 91.6 Å². The fourth-order valence-corrected chi connectivity index (χ4v) is 2.28. The standard InChI is InChI=1S/C13H14N2O4S/c16-12(17)11-2-1-10(19-11)7-15-13(18)14-5-3-9-4-6-20-8-9/h1-2,4,6,8H,3,5,7H2,(H,16,17)(H2,14,15,18). The maximum absolute atomic E-state index is 11.5. The Bertz CT molecular complexity index is 577. The van der Waals surface area contributed by atoms with E-state index in [1.807, 2.05) is 16.8 Å². The minimum Gasteiger partial charge on any atom is -0.475 e. The minimum atomic E-state index is -1.13. The van der Waals surface area contributed by atoms with Gasteiger partial charge in [0.15, 0.2) is 0 Å². The van der Waals surface area contributed by atoms with Crippen molar-refractivity contribution in [3.63, 3.8) is 0 Å². The van der Waals surface area contributed by atoms with Gasteiger partial charge in [0.25, 0.3) is 0 Å². The molecule has 0 saturated carbocycles. The van der Waals surface area contributed by atoms with Crippen molar-refractivity contribution in [2.24, 2.45) is 0 Å². The Morgan fingerprint density at radius 2 is 2.10 bits per heavy atom. The Hall–Kier alpha value is -2.28. The molecule has 20 heavy (non-hydrogen) atoms. The van der Waals surface area contributed by atoms with Gasteiger partial charge in [-0.1, -0.05) is 0 Å². The lowest BCUT2D eigenvalue weighted by Crippen LogP contribution is -2.36. The number of amides is 2. The van der Waals surface area contributed by atoms with E-state index in [9.17, 15) is 9.59 Å². The van der Waals surface area contributed by atoms with E-state index in [0.29, 0.717) is 12.3 Å². The van der Waals surface area contributed by atoms with Crippen molar-refractivity contribution in [3.05, 3.63) is 46.0 Å². The Morgan fingerprint density at radius 1 is 1.25 bits per heavy atom. The second-order valence-electron chi connectivity index (χ2n) is 4.06. The normalized spacial score (nSPS) is 10.2. The second-order valence-corrected chi connectivity index (χ2v) is 4.84. The first kappa shape index (κ1) is 14.1. The van der Waals surface area contributed by atoms with E-state index in [-0.39, 0.29) is 18.3 Å². The lowest BCUT2D eigenvalue weighted by molar-refractivity contribution is 0.0660. The first-order chi connectivity index (χ1) is 9.65. The van der Waals surface area contributed by atoms with Crippen LogP contribution < -0.4 is 10.6 Å². The molecular formula is C13H14N2O4S. The third-order valence-corrected chi connectivity index (χ3v) is 3.31. The Kier molecular flexibility index (Phi) is 4.78. The van der Waals surface area contributed by atoms with Crippen LogP contribution in [-0.4, -0.2) is 23.7 Å². The van der Waals surface area contributed by atoms with Gasteiger partial charge in [-0.15, -0.1) is 0 Å². The molecule has 7 heteroatoms. The summed E-state index contributed by atoms with van der Waals surface area (Å²) < 4.78 is 5.02. The van der Waals surface area contributed by atoms with Crippen molar-refractivity contribution in [1.82, 2.24) is 10.6 Å². The van der Waals surface area contributed by atoms with Crippen molar-refractivity contribution in [3.8, 4) is 0 Å². The Labute approximate surface area is 119 Å². The molecule has 6 nitrogen and oxygen atoms in total. The molecule has 3 N–H and O–H groups in total. The van der Waals surface area contributed by atoms with Gasteiger partial charge < -0.3 is 20.2 Å². The number of carbonyl (C=O) groups excluding carboxylic acids is 1. The number of rotatable bonds is 6. The first-order valence-electron chi connectivity index (χ1n) is 6.00. The van der Waals surface area contributed by atoms with E-state index in [1.54, 1.807) is 11.3 Å². The van der Waals surface area contributed by atoms with Crippen LogP contribution >= 0.6 is 11.3 Å². The van der Waals surface area contributed by atoms with Crippen molar-refractivity contribution in [2.45, 2.75) is 13.0 Å². The molecule has 0 bridgehead atoms. The highest BCUT2D eigenvalue weighted by Crippen LogP contribution is 2.07. The molecule has 0 aliphatic heterocycles. The van der Waals surface area contributed by atoms with E-state index >= 15 is 0 Å². The maximum atomic E-state index is 11.5. The number of carbonyl (C=O) groups is 2. The molecule has 0 fully saturated rings. The molecule has 2 amide bonds. The summed E-state index contributed by atoms with van der Waals surface area (Å²) in [4.78, 5) is 22.1. The summed E-state index contributed by atoms with van der Waals surface area (Å²) >= 11 is 1.62. The van der Waals surface area contributed by atoms with Crippen molar-refractivity contribution < 1.29 is 19.1 Å². The average Bonchev–Trinajstić information content (AvgIpc) is 3.07. The summed E-state index contributed by atoms with van der Waals surface area (Å²) in [5.74, 6) is -0.869. The summed E-state index contributed by atoms with van der Waals surface area (Å²) in [5.41, 5.74) is 1.19. The molecule has 0 unspecified atom stereocenters. The van der Waals surface area contributed by atoms with E-state index in [4.69, 9.17) is 9.52 Å². The number of urea groups is 1. The molecule has 0 aliphatic carbocycles. The van der Waals surface area contributed by atoms with Gasteiger partial charge in [-0.2, -0.15) is 11.3 Å². The number of carboxylic acids is 1. The lowest BCUT2D eigenvalue weighted by Gasteiger charge is -2.05. The molecule has 0 spiro atoms. The van der Waals surface area contributed by atoms with E-state index in [0.717, 1.165) is 6.42 Å². The molecular weight excluding hydrogens is 280 g/mol. The van der Waals surface area contributed by atoms with Crippen molar-refractivity contribution >= 4 is 23.3 Å². The van der Waals surface area contributed by atoms with Crippen LogP contribution in [0.1, 0.15) is 21.9 Å². The Morgan fingerprint density at radius 3 is 2.75 bits per heavy atom. The highest BCUT2D eigenvalue weighted by atomic mass is 32.1. The van der Waals surface area contributed by atoms with Gasteiger partial charge in [-0.05, 0) is 40.9 Å². The van der Waals surface area contributed by atoms with Crippen LogP contribution in [0.2, 0.25) is 0 Å². The third-order valence-electron chi connectivity index (χ3n) is 2.57. The van der Waals surface area contributed by atoms with Gasteiger partial charge in [0, 0.05) is 6.54 Å². The number of hydrogen-bond donors (Lipinski definition) is 3. The molecule has 2 aromatic rings. The fraction of sp³-hybridized carbons (Fsp3) is 0.231. The SMILES string of the molecule is O=C(NCCc1ccsc1)NCc1ccc(C(=O)O)o1. The monoisotopic (exact) mass is 294 g/mol. The zero-order valence-corrected chi connectivity index (χ0v) is 11.4. The lowest BCUT2D eigenvalue weighted by atomic mass is 10.2. The third kappa shape index (κ3) is 4.13. The predicted molar refractivity (Wildman–Crippen MR) is 73.9 cm³/mol. The summed E-state index contributed by atoms with van der Waals surface area (Å²) in [5, 5.41) is 18.0. The van der Waals surface area contributed by atoms with Crippen molar-refractivity contribution in [1.29, 1.82) is 0 Å². The van der Waals surface area contributed by atoms with Gasteiger partial charge in [0.2, 0.25) is 5.76 Å². The molecule has 0 aromatic carbocycles. The number of carboxylic acid groups (broad SMARTS) is 1. The van der Waals surface area contributed by atoms with Gasteiger partial charge in [0.05, 0.1) is 6.54 Å². The van der Waals surface area contributed by atoms with Gasteiger partial charge >= 0.3 is 12.0 Å². The van der Waals surface area contributed by atoms with Gasteiger partial charge in [-0.25, -0.2) is 9.59 Å². The highest BCUT2D eigenvalue weighted by Gasteiger charge is 2.09. The highest BCUT2D eigenvalue weighted by molar-refractivity contribution is 7.07. The van der Waals surface area contributed by atoms with Crippen LogP contribution in [0.15, 0.2) is 33.4 Å². The molecule has 0 radical (unpaired) electrons. The van der Waals surface area contributed by atoms with E-state index < -0.39 is 5.97 Å². The number of furan rings is 1. The van der Waals surface area contributed by atoms with E-state index in [1.165, 1.54) is 17.7 Å². The Balaban J connectivity index is 1.67. The van der Waals surface area contributed by atoms with Crippen LogP contribution in [0.5, 0.6) is 0 Å². The summed E-state index contributed by atoms with van der Waals surface area (Å²) in [6, 6.07) is 4.58.